The first kappa shape index (κ1) is 36.3. The number of amides is 1. The molecule has 7 nitrogen and oxygen atoms in total. The molecule has 0 aromatic rings. The fourth-order valence-corrected chi connectivity index (χ4v) is 4.51. The summed E-state index contributed by atoms with van der Waals surface area (Å²) in [4.78, 5) is 12.4. The molecule has 0 aromatic carbocycles. The van der Waals surface area contributed by atoms with Crippen LogP contribution in [0.1, 0.15) is 110 Å². The fraction of sp³-hybridized carbons (Fsp3) is 0.700. The first-order valence-corrected chi connectivity index (χ1v) is 16.1. The van der Waals surface area contributed by atoms with E-state index in [2.05, 4.69) is 43.5 Å². The lowest BCUT2D eigenvalue weighted by atomic mass is 10.1. The van der Waals surface area contributed by atoms with Crippen LogP contribution in [0.5, 0.6) is 0 Å². The Bertz CT molecular complexity index is 804. The Morgan fingerprint density at radius 2 is 1.18 bits per heavy atom. The van der Waals surface area contributed by atoms with Crippen LogP contribution in [0.4, 0.5) is 0 Å². The molecule has 8 heteroatoms. The summed E-state index contributed by atoms with van der Waals surface area (Å²) in [7, 11) is -4.45. The topological polar surface area (TPSA) is 124 Å². The second-order valence-corrected chi connectivity index (χ2v) is 11.3. The van der Waals surface area contributed by atoms with Gasteiger partial charge in [0.2, 0.25) is 5.91 Å². The average molecular weight is 556 g/mol. The minimum Gasteiger partial charge on any atom is -0.387 e. The number of allylic oxidation sites excluding steroid dienone is 7. The van der Waals surface area contributed by atoms with Crippen LogP contribution >= 0.6 is 0 Å². The van der Waals surface area contributed by atoms with E-state index >= 15 is 0 Å². The summed E-state index contributed by atoms with van der Waals surface area (Å²) >= 11 is 0. The third-order valence-corrected chi connectivity index (χ3v) is 6.85. The van der Waals surface area contributed by atoms with Crippen LogP contribution in [-0.2, 0) is 14.9 Å². The zero-order chi connectivity index (χ0) is 28.5. The van der Waals surface area contributed by atoms with E-state index in [1.54, 1.807) is 6.08 Å². The maximum atomic E-state index is 12.4. The number of hydrogen-bond acceptors (Lipinski definition) is 5. The zero-order valence-corrected chi connectivity index (χ0v) is 24.5. The summed E-state index contributed by atoms with van der Waals surface area (Å²) in [5.41, 5.74) is 0. The number of hydrogen-bond donors (Lipinski definition) is 4. The molecule has 0 spiro atoms. The van der Waals surface area contributed by atoms with E-state index in [0.717, 1.165) is 38.5 Å². The monoisotopic (exact) mass is 555 g/mol. The second-order valence-electron chi connectivity index (χ2n) is 9.79. The van der Waals surface area contributed by atoms with Gasteiger partial charge in [0.1, 0.15) is 6.10 Å². The van der Waals surface area contributed by atoms with E-state index in [1.165, 1.54) is 44.6 Å². The number of carbonyl (C=O) groups is 1. The fourth-order valence-electron chi connectivity index (χ4n) is 3.78. The van der Waals surface area contributed by atoms with Crippen molar-refractivity contribution in [2.24, 2.45) is 0 Å². The molecule has 0 bridgehead atoms. The molecule has 4 N–H and O–H groups in total. The van der Waals surface area contributed by atoms with E-state index < -0.39 is 40.0 Å². The average Bonchev–Trinajstić information content (AvgIpc) is 2.86. The Morgan fingerprint density at radius 3 is 1.74 bits per heavy atom. The summed E-state index contributed by atoms with van der Waals surface area (Å²) in [6.45, 7) is 4.36. The molecule has 0 rings (SSSR count). The summed E-state index contributed by atoms with van der Waals surface area (Å²) in [5, 5.41) is 22.9. The molecule has 38 heavy (non-hydrogen) atoms. The van der Waals surface area contributed by atoms with Crippen LogP contribution in [0.3, 0.4) is 0 Å². The zero-order valence-electron chi connectivity index (χ0n) is 23.6. The van der Waals surface area contributed by atoms with Crippen LogP contribution in [-0.4, -0.2) is 53.1 Å². The molecule has 0 aliphatic heterocycles. The first-order valence-electron chi connectivity index (χ1n) is 14.4. The van der Waals surface area contributed by atoms with E-state index in [4.69, 9.17) is 0 Å². The lowest BCUT2D eigenvalue weighted by Gasteiger charge is -2.22. The predicted octanol–water partition coefficient (Wildman–Crippen LogP) is 6.20. The molecule has 0 heterocycles. The highest BCUT2D eigenvalue weighted by Gasteiger charge is 2.27. The van der Waals surface area contributed by atoms with E-state index in [-0.39, 0.29) is 6.42 Å². The molecule has 3 unspecified atom stereocenters. The van der Waals surface area contributed by atoms with Crippen molar-refractivity contribution in [1.29, 1.82) is 0 Å². The maximum Gasteiger partial charge on any atom is 0.267 e. The number of rotatable bonds is 24. The summed E-state index contributed by atoms with van der Waals surface area (Å²) in [6.07, 6.45) is 27.7. The van der Waals surface area contributed by atoms with Gasteiger partial charge in [0.25, 0.3) is 10.1 Å². The number of aliphatic hydroxyl groups is 2. The number of nitrogens with one attached hydrogen (secondary N) is 1. The Balaban J connectivity index is 4.46. The minimum atomic E-state index is -4.45. The van der Waals surface area contributed by atoms with Crippen molar-refractivity contribution in [3.8, 4) is 0 Å². The van der Waals surface area contributed by atoms with Gasteiger partial charge in [0, 0.05) is 0 Å². The summed E-state index contributed by atoms with van der Waals surface area (Å²) < 4.78 is 32.1. The van der Waals surface area contributed by atoms with Gasteiger partial charge in [-0.1, -0.05) is 94.6 Å². The van der Waals surface area contributed by atoms with E-state index in [1.807, 2.05) is 12.2 Å². The van der Waals surface area contributed by atoms with Gasteiger partial charge in [0.15, 0.2) is 0 Å². The van der Waals surface area contributed by atoms with Crippen LogP contribution in [0.2, 0.25) is 0 Å². The molecule has 0 radical (unpaired) electrons. The molecule has 0 saturated carbocycles. The van der Waals surface area contributed by atoms with Gasteiger partial charge in [-0.25, -0.2) is 0 Å². The van der Waals surface area contributed by atoms with Crippen molar-refractivity contribution in [1.82, 2.24) is 5.32 Å². The number of unbranched alkanes of at least 4 members (excludes halogenated alkanes) is 9. The standard InChI is InChI=1S/C30H53NO6S/c1-3-5-7-9-11-13-14-15-16-17-19-20-22-24-28(32)27(26-38(35,36)37)31-30(34)29(33)25-23-21-18-12-10-8-6-4-2/h11,13,16-18,21-22,24,27-29,32-33H,3-10,12,14-15,19-20,23,25-26H2,1-2H3,(H,31,34)(H,35,36,37)/b13-11+,17-16+,21-18-,24-22+. The molecule has 0 aromatic heterocycles. The van der Waals surface area contributed by atoms with Crippen LogP contribution in [0.25, 0.3) is 0 Å². The minimum absolute atomic E-state index is 0.183. The summed E-state index contributed by atoms with van der Waals surface area (Å²) in [5.74, 6) is -1.62. The van der Waals surface area contributed by atoms with Crippen LogP contribution < -0.4 is 5.32 Å². The van der Waals surface area contributed by atoms with E-state index in [9.17, 15) is 28.0 Å². The first-order chi connectivity index (χ1) is 18.2. The highest BCUT2D eigenvalue weighted by atomic mass is 32.2. The van der Waals surface area contributed by atoms with Crippen LogP contribution in [0.15, 0.2) is 48.6 Å². The lowest BCUT2D eigenvalue weighted by molar-refractivity contribution is -0.130. The largest absolute Gasteiger partial charge is 0.387 e. The normalized spacial score (nSPS) is 15.2. The summed E-state index contributed by atoms with van der Waals surface area (Å²) in [6, 6.07) is -1.27. The Kier molecular flexibility index (Phi) is 23.2. The lowest BCUT2D eigenvalue weighted by Crippen LogP contribution is -2.50. The molecule has 0 aliphatic rings. The van der Waals surface area contributed by atoms with Gasteiger partial charge < -0.3 is 15.5 Å². The van der Waals surface area contributed by atoms with Gasteiger partial charge in [-0.2, -0.15) is 8.42 Å². The highest BCUT2D eigenvalue weighted by molar-refractivity contribution is 7.85. The van der Waals surface area contributed by atoms with Crippen molar-refractivity contribution in [3.63, 3.8) is 0 Å². The SMILES string of the molecule is CCCCC/C=C/CC/C=C/CC/C=C/C(O)C(CS(=O)(=O)O)NC(=O)C(O)CC/C=C\CCCCCC. The molecular weight excluding hydrogens is 502 g/mol. The number of carbonyl (C=O) groups excluding carboxylic acids is 1. The molecule has 220 valence electrons. The van der Waals surface area contributed by atoms with Crippen molar-refractivity contribution in [2.75, 3.05) is 5.75 Å². The third kappa shape index (κ3) is 23.4. The van der Waals surface area contributed by atoms with Gasteiger partial charge in [-0.3, -0.25) is 9.35 Å². The Hall–Kier alpha value is -1.74. The highest BCUT2D eigenvalue weighted by Crippen LogP contribution is 2.08. The number of aliphatic hydroxyl groups excluding tert-OH is 2. The molecule has 3 atom stereocenters. The third-order valence-electron chi connectivity index (χ3n) is 6.07. The van der Waals surface area contributed by atoms with Crippen molar-refractivity contribution < 1.29 is 28.0 Å². The second kappa shape index (κ2) is 24.3. The molecular formula is C30H53NO6S. The molecule has 0 aliphatic carbocycles. The van der Waals surface area contributed by atoms with Gasteiger partial charge in [-0.05, 0) is 64.2 Å². The van der Waals surface area contributed by atoms with Gasteiger partial charge in [-0.15, -0.1) is 0 Å². The van der Waals surface area contributed by atoms with Crippen molar-refractivity contribution in [2.45, 2.75) is 128 Å². The van der Waals surface area contributed by atoms with E-state index in [0.29, 0.717) is 12.8 Å². The Morgan fingerprint density at radius 1 is 0.711 bits per heavy atom. The molecule has 1 amide bonds. The smallest absolute Gasteiger partial charge is 0.267 e. The van der Waals surface area contributed by atoms with Gasteiger partial charge >= 0.3 is 0 Å². The van der Waals surface area contributed by atoms with Crippen molar-refractivity contribution in [3.05, 3.63) is 48.6 Å². The Labute approximate surface area is 231 Å². The van der Waals surface area contributed by atoms with Crippen LogP contribution in [0, 0.1) is 0 Å². The maximum absolute atomic E-state index is 12.4. The van der Waals surface area contributed by atoms with Crippen molar-refractivity contribution >= 4 is 16.0 Å². The predicted molar refractivity (Wildman–Crippen MR) is 158 cm³/mol. The molecule has 0 saturated heterocycles. The molecule has 0 fully saturated rings. The quantitative estimate of drug-likeness (QED) is 0.0639. The van der Waals surface area contributed by atoms with Gasteiger partial charge in [0.05, 0.1) is 17.9 Å².